The Hall–Kier alpha value is -9.77. The molecule has 20 rings (SSSR count). The van der Waals surface area contributed by atoms with Gasteiger partial charge in [-0.2, -0.15) is 26.3 Å². The minimum absolute atomic E-state index is 0.00894. The van der Waals surface area contributed by atoms with Gasteiger partial charge in [-0.05, 0) is 325 Å². The second kappa shape index (κ2) is 36.8. The maximum Gasteiger partial charge on any atom is 0.437 e. The third-order valence-electron chi connectivity index (χ3n) is 27.8. The largest absolute Gasteiger partial charge is 0.491 e. The van der Waals surface area contributed by atoms with Gasteiger partial charge >= 0.3 is 12.4 Å². The molecule has 12 heterocycles. The van der Waals surface area contributed by atoms with Crippen molar-refractivity contribution < 1.29 is 64.6 Å². The van der Waals surface area contributed by atoms with Gasteiger partial charge < -0.3 is 77.7 Å². The highest BCUT2D eigenvalue weighted by molar-refractivity contribution is 7.09. The molecule has 694 valence electrons. The summed E-state index contributed by atoms with van der Waals surface area (Å²) in [7, 11) is 0. The summed E-state index contributed by atoms with van der Waals surface area (Å²) in [5, 5.41) is 43.7. The van der Waals surface area contributed by atoms with Crippen LogP contribution in [-0.4, -0.2) is 168 Å². The number of halogens is 6. The van der Waals surface area contributed by atoms with Crippen molar-refractivity contribution in [2.45, 2.75) is 149 Å². The summed E-state index contributed by atoms with van der Waals surface area (Å²) in [6, 6.07) is 26.1. The number of hydrogen-bond donors (Lipinski definition) is 12. The number of carbonyl (C=O) groups is 6. The normalized spacial score (nSPS) is 27.3. The Balaban J connectivity index is 0.000000119. The van der Waals surface area contributed by atoms with E-state index in [4.69, 9.17) is 9.47 Å². The monoisotopic (exact) mass is 1800 g/mol. The average Bonchev–Trinajstić information content (AvgIpc) is 1.61. The Morgan fingerprint density at radius 3 is 1.23 bits per heavy atom. The SMILES string of the molecule is CC(C)(COc1cccnc1C(F)(F)F)NC(=O)C1[C@H]2CNC[C@@H]12.CC(C)(NC(=O)C1[C@H]2CNC[C@@H]12)c1cc2ccccc2cn1.CC(C)(NC(=O)C1[C@H]2CNC[C@@H]12)c1cnc2ccccn12.Cc1cc(C(F)(F)F)ccc1OCC(C)(C)NC(=O)C1[C@H]2CNC[C@@H]12.Cc1cccnc1C(C)(C)NC(=O)C1[C@H]2CNC[C@@H]12.Cc1csc(C(C)(C)NC(=O)C2[C@H]3CNC[C@@H]23)n1. The van der Waals surface area contributed by atoms with Gasteiger partial charge in [-0.1, -0.05) is 36.4 Å². The molecule has 0 bridgehead atoms. The minimum Gasteiger partial charge on any atom is -0.491 e. The van der Waals surface area contributed by atoms with Gasteiger partial charge in [-0.25, -0.2) is 15.0 Å². The van der Waals surface area contributed by atoms with Crippen molar-refractivity contribution in [2.24, 2.45) is 107 Å². The number of pyridine rings is 4. The van der Waals surface area contributed by atoms with Crippen LogP contribution in [0.25, 0.3) is 16.4 Å². The number of nitrogens with one attached hydrogen (secondary N) is 12. The molecule has 6 saturated heterocycles. The van der Waals surface area contributed by atoms with Gasteiger partial charge in [0.25, 0.3) is 0 Å². The zero-order valence-electron chi connectivity index (χ0n) is 76.0. The standard InChI is InChI=1S/C18H23F3N2O2.C18H21N3O.C16H20F3N3O2.C16H20N4O.C15H21N3O.C13H19N3OS/c1-10-6-11(18(19,20)21)4-5-14(10)25-9-17(2,3)23-16(24)15-12-7-22-8-13(12)15;1-18(2,21-17(22)16-13-9-19-10-14(13)16)15-7-11-5-3-4-6-12(11)8-20-15;1-15(2,22-14(23)12-9-6-20-7-10(9)12)8-24-11-4-3-5-21-13(11)16(17,18)19;1-16(2,12-9-18-13-5-3-4-6-20(12)13)19-15(21)14-10-7-17-8-11(10)14;1-9-5-4-6-17-13(9)15(2,3)18-14(19)12-10-7-16-8-11(10)12;1-7-6-18-12(15-7)13(2,3)16-11(17)10-8-4-14-5-9(8)10/h4-6,12-13,15,22H,7-9H2,1-3H3,(H,23,24);3-8,13-14,16,19H,9-10H2,1-2H3,(H,21,22);3-5,9-10,12,20H,6-8H2,1-2H3,(H,22,23);3-6,9-11,14,17H,7-8H2,1-2H3,(H,19,21);4-6,10-12,16H,7-8H2,1-3H3,(H,18,19);6,8-10,14H,4-5H2,1-3H3,(H,16,17)/t12-,13+,15?;13-,14+,16?;9-,10+,12?;10-,11+,14?;10-,11+,12?;8-,9+,10?. The Morgan fingerprint density at radius 1 is 0.403 bits per heavy atom. The number of ether oxygens (including phenoxy) is 2. The van der Waals surface area contributed by atoms with Gasteiger partial charge in [-0.15, -0.1) is 11.3 Å². The van der Waals surface area contributed by atoms with Crippen LogP contribution in [-0.2, 0) is 63.3 Å². The molecular formula is C96H124F6N18O8S. The first-order valence-electron chi connectivity index (χ1n) is 45.2. The molecule has 0 radical (unpaired) electrons. The summed E-state index contributed by atoms with van der Waals surface area (Å²) in [5.41, 5.74) is 1.54. The van der Waals surface area contributed by atoms with Crippen molar-refractivity contribution >= 4 is 63.2 Å². The number of thiazole rings is 1. The number of nitrogens with zero attached hydrogens (tertiary/aromatic N) is 6. The van der Waals surface area contributed by atoms with Crippen LogP contribution < -0.4 is 73.3 Å². The Kier molecular flexibility index (Phi) is 26.8. The summed E-state index contributed by atoms with van der Waals surface area (Å²) in [6.45, 7) is 40.5. The van der Waals surface area contributed by atoms with Crippen LogP contribution in [0.2, 0.25) is 0 Å². The molecular weight excluding hydrogens is 1680 g/mol. The van der Waals surface area contributed by atoms with Crippen LogP contribution in [0.3, 0.4) is 0 Å². The van der Waals surface area contributed by atoms with Crippen LogP contribution >= 0.6 is 11.3 Å². The predicted molar refractivity (Wildman–Crippen MR) is 478 cm³/mol. The number of hydrogen-bond acceptors (Lipinski definition) is 20. The van der Waals surface area contributed by atoms with Crippen molar-refractivity contribution in [3.63, 3.8) is 0 Å². The molecule has 0 spiro atoms. The second-order valence-corrected chi connectivity index (χ2v) is 41.5. The molecule has 2 aromatic carbocycles. The van der Waals surface area contributed by atoms with Crippen molar-refractivity contribution in [3.05, 3.63) is 178 Å². The highest BCUT2D eigenvalue weighted by Crippen LogP contribution is 2.54. The fourth-order valence-electron chi connectivity index (χ4n) is 20.4. The highest BCUT2D eigenvalue weighted by atomic mass is 32.1. The fraction of sp³-hybridized carbons (Fsp3) is 0.573. The van der Waals surface area contributed by atoms with Crippen molar-refractivity contribution in [1.82, 2.24) is 93.1 Å². The molecule has 6 amide bonds. The van der Waals surface area contributed by atoms with Gasteiger partial charge in [0, 0.05) is 76.8 Å². The number of fused-ring (bicyclic) bond motifs is 8. The molecule has 6 saturated carbocycles. The maximum absolute atomic E-state index is 12.9. The van der Waals surface area contributed by atoms with Gasteiger partial charge in [0.2, 0.25) is 35.4 Å². The lowest BCUT2D eigenvalue weighted by Crippen LogP contribution is -2.49. The molecule has 6 aliphatic heterocycles. The van der Waals surface area contributed by atoms with E-state index in [1.165, 1.54) is 18.2 Å². The molecule has 6 unspecified atom stereocenters. The molecule has 8 aromatic rings. The fourth-order valence-corrected chi connectivity index (χ4v) is 21.3. The second-order valence-electron chi connectivity index (χ2n) is 40.6. The number of alkyl halides is 6. The first-order chi connectivity index (χ1) is 60.9. The number of carbonyl (C=O) groups excluding carboxylic acids is 6. The highest BCUT2D eigenvalue weighted by Gasteiger charge is 2.62. The summed E-state index contributed by atoms with van der Waals surface area (Å²) in [6.07, 6.45) is -0.370. The van der Waals surface area contributed by atoms with Crippen molar-refractivity contribution in [2.75, 3.05) is 91.8 Å². The van der Waals surface area contributed by atoms with E-state index < -0.39 is 51.3 Å². The molecule has 129 heavy (non-hydrogen) atoms. The summed E-state index contributed by atoms with van der Waals surface area (Å²) < 4.78 is 89.9. The van der Waals surface area contributed by atoms with E-state index in [9.17, 15) is 55.1 Å². The van der Waals surface area contributed by atoms with E-state index in [0.29, 0.717) is 82.3 Å². The van der Waals surface area contributed by atoms with E-state index in [1.54, 1.807) is 38.3 Å². The smallest absolute Gasteiger partial charge is 0.437 e. The zero-order valence-corrected chi connectivity index (χ0v) is 76.9. The van der Waals surface area contributed by atoms with Crippen LogP contribution in [0.4, 0.5) is 26.3 Å². The summed E-state index contributed by atoms with van der Waals surface area (Å²) in [5.74, 6) is 7.78. The number of aryl methyl sites for hydroxylation is 3. The number of rotatable bonds is 22. The number of benzene rings is 2. The van der Waals surface area contributed by atoms with Gasteiger partial charge in [0.15, 0.2) is 5.69 Å². The molecule has 18 atom stereocenters. The Labute approximate surface area is 753 Å². The molecule has 26 nitrogen and oxygen atoms in total. The van der Waals surface area contributed by atoms with Gasteiger partial charge in [-0.3, -0.25) is 38.7 Å². The van der Waals surface area contributed by atoms with Crippen molar-refractivity contribution in [3.8, 4) is 11.5 Å². The van der Waals surface area contributed by atoms with E-state index in [0.717, 1.165) is 147 Å². The summed E-state index contributed by atoms with van der Waals surface area (Å²) >= 11 is 1.61. The van der Waals surface area contributed by atoms with Crippen LogP contribution in [0.5, 0.6) is 11.5 Å². The quantitative estimate of drug-likeness (QED) is 0.0281. The number of imidazole rings is 1. The van der Waals surface area contributed by atoms with Gasteiger partial charge in [0.1, 0.15) is 35.4 Å². The molecule has 12 N–H and O–H groups in total. The number of aromatic nitrogens is 6. The molecule has 33 heteroatoms. The first kappa shape index (κ1) is 93.9. The average molecular weight is 1800 g/mol. The van der Waals surface area contributed by atoms with Crippen LogP contribution in [0.1, 0.15) is 133 Å². The molecule has 6 aromatic heterocycles. The first-order valence-corrected chi connectivity index (χ1v) is 46.0. The van der Waals surface area contributed by atoms with Crippen LogP contribution in [0.15, 0.2) is 127 Å². The number of amides is 6. The lowest BCUT2D eigenvalue weighted by Gasteiger charge is -2.27. The lowest BCUT2D eigenvalue weighted by atomic mass is 9.95. The third-order valence-corrected chi connectivity index (χ3v) is 29.1. The molecule has 6 aliphatic carbocycles. The third kappa shape index (κ3) is 21.6. The Morgan fingerprint density at radius 2 is 0.806 bits per heavy atom. The van der Waals surface area contributed by atoms with E-state index in [2.05, 4.69) is 107 Å². The molecule has 12 aliphatic rings. The van der Waals surface area contributed by atoms with Crippen LogP contribution in [0, 0.1) is 127 Å². The topological polar surface area (TPSA) is 334 Å². The minimum atomic E-state index is -4.58. The summed E-state index contributed by atoms with van der Waals surface area (Å²) in [4.78, 5) is 95.5. The maximum atomic E-state index is 12.9. The zero-order chi connectivity index (χ0) is 92.4. The lowest BCUT2D eigenvalue weighted by molar-refractivity contribution is -0.143. The van der Waals surface area contributed by atoms with E-state index in [-0.39, 0.29) is 95.5 Å². The van der Waals surface area contributed by atoms with E-state index in [1.807, 2.05) is 154 Å². The number of piperidine rings is 6. The predicted octanol–water partition coefficient (Wildman–Crippen LogP) is 10.3. The van der Waals surface area contributed by atoms with Crippen molar-refractivity contribution in [1.29, 1.82) is 0 Å². The molecule has 12 fully saturated rings. The Bertz CT molecular complexity index is 5390. The van der Waals surface area contributed by atoms with E-state index >= 15 is 0 Å². The van der Waals surface area contributed by atoms with Gasteiger partial charge in [0.05, 0.1) is 62.1 Å².